The minimum Gasteiger partial charge on any atom is -0.491 e. The van der Waals surface area contributed by atoms with Crippen LogP contribution >= 0.6 is 0 Å². The number of anilines is 1. The van der Waals surface area contributed by atoms with Gasteiger partial charge in [0.25, 0.3) is 5.91 Å². The van der Waals surface area contributed by atoms with Gasteiger partial charge in [0.15, 0.2) is 0 Å². The van der Waals surface area contributed by atoms with Crippen molar-refractivity contribution in [2.75, 3.05) is 18.5 Å². The van der Waals surface area contributed by atoms with Crippen molar-refractivity contribution in [3.63, 3.8) is 0 Å². The maximum Gasteiger partial charge on any atom is 0.261 e. The molecule has 136 valence electrons. The molecule has 4 rings (SSSR count). The Balaban J connectivity index is 1.37. The predicted octanol–water partition coefficient (Wildman–Crippen LogP) is 2.87. The van der Waals surface area contributed by atoms with Crippen LogP contribution in [-0.4, -0.2) is 39.4 Å². The van der Waals surface area contributed by atoms with Gasteiger partial charge in [0, 0.05) is 31.7 Å². The predicted molar refractivity (Wildman–Crippen MR) is 97.6 cm³/mol. The molecule has 1 N–H and O–H groups in total. The molecular formula is C19H22N4O3. The van der Waals surface area contributed by atoms with Crippen LogP contribution in [0, 0.1) is 0 Å². The number of aryl methyl sites for hydroxylation is 1. The number of fused-ring (bicyclic) bond motifs is 1. The third-order valence-electron chi connectivity index (χ3n) is 4.60. The molecule has 1 aliphatic rings. The maximum absolute atomic E-state index is 12.5. The Morgan fingerprint density at radius 3 is 2.92 bits per heavy atom. The lowest BCUT2D eigenvalue weighted by Crippen LogP contribution is -2.25. The summed E-state index contributed by atoms with van der Waals surface area (Å²) < 4.78 is 15.0. The Hall–Kier alpha value is -2.80. The molecule has 0 aliphatic carbocycles. The zero-order valence-corrected chi connectivity index (χ0v) is 14.7. The monoisotopic (exact) mass is 354 g/mol. The molecule has 0 radical (unpaired) electrons. The molecular weight excluding hydrogens is 332 g/mol. The summed E-state index contributed by atoms with van der Waals surface area (Å²) in [7, 11) is 1.88. The van der Waals surface area contributed by atoms with Crippen molar-refractivity contribution in [3.8, 4) is 5.75 Å². The summed E-state index contributed by atoms with van der Waals surface area (Å²) in [5.41, 5.74) is 2.01. The summed E-state index contributed by atoms with van der Waals surface area (Å²) in [5.74, 6) is 0.582. The van der Waals surface area contributed by atoms with Gasteiger partial charge in [-0.3, -0.25) is 4.79 Å². The molecule has 26 heavy (non-hydrogen) atoms. The molecule has 1 saturated heterocycles. The first-order valence-corrected chi connectivity index (χ1v) is 8.85. The normalized spacial score (nSPS) is 17.3. The average Bonchev–Trinajstić information content (AvgIpc) is 3.25. The largest absolute Gasteiger partial charge is 0.491 e. The average molecular weight is 354 g/mol. The van der Waals surface area contributed by atoms with Crippen molar-refractivity contribution in [2.24, 2.45) is 7.05 Å². The molecule has 2 aromatic heterocycles. The number of hydrogen-bond donors (Lipinski definition) is 1. The van der Waals surface area contributed by atoms with E-state index in [1.165, 1.54) is 6.42 Å². The first-order chi connectivity index (χ1) is 12.7. The molecule has 7 nitrogen and oxygen atoms in total. The number of rotatable bonds is 5. The number of benzene rings is 1. The smallest absolute Gasteiger partial charge is 0.261 e. The lowest BCUT2D eigenvalue weighted by Gasteiger charge is -2.22. The van der Waals surface area contributed by atoms with E-state index in [-0.39, 0.29) is 12.0 Å². The number of hydrogen-bond acceptors (Lipinski definition) is 4. The molecule has 1 amide bonds. The van der Waals surface area contributed by atoms with Gasteiger partial charge in [0.05, 0.1) is 12.3 Å². The highest BCUT2D eigenvalue weighted by molar-refractivity contribution is 6.08. The molecule has 3 heterocycles. The minimum atomic E-state index is -0.189. The van der Waals surface area contributed by atoms with E-state index < -0.39 is 0 Å². The second-order valence-electron chi connectivity index (χ2n) is 6.51. The van der Waals surface area contributed by atoms with E-state index in [1.807, 2.05) is 48.3 Å². The number of nitrogens with one attached hydrogen (secondary N) is 1. The van der Waals surface area contributed by atoms with Gasteiger partial charge in [-0.1, -0.05) is 0 Å². The number of imidazole rings is 1. The molecule has 0 spiro atoms. The quantitative estimate of drug-likeness (QED) is 0.765. The summed E-state index contributed by atoms with van der Waals surface area (Å²) in [6.07, 6.45) is 8.81. The minimum absolute atomic E-state index is 0.179. The van der Waals surface area contributed by atoms with Crippen molar-refractivity contribution in [3.05, 3.63) is 48.4 Å². The van der Waals surface area contributed by atoms with E-state index in [0.717, 1.165) is 30.8 Å². The Kier molecular flexibility index (Phi) is 4.62. The van der Waals surface area contributed by atoms with Crippen LogP contribution in [0.25, 0.3) is 5.65 Å². The van der Waals surface area contributed by atoms with Crippen molar-refractivity contribution in [1.82, 2.24) is 14.2 Å². The van der Waals surface area contributed by atoms with Crippen LogP contribution in [0.5, 0.6) is 5.75 Å². The highest BCUT2D eigenvalue weighted by Crippen LogP contribution is 2.20. The summed E-state index contributed by atoms with van der Waals surface area (Å²) in [5, 5.41) is 7.09. The fraction of sp³-hybridized carbons (Fsp3) is 0.368. The maximum atomic E-state index is 12.5. The Morgan fingerprint density at radius 2 is 2.15 bits per heavy atom. The molecule has 7 heteroatoms. The Labute approximate surface area is 151 Å². The molecule has 1 aromatic carbocycles. The van der Waals surface area contributed by atoms with E-state index in [1.54, 1.807) is 10.7 Å². The topological polar surface area (TPSA) is 69.8 Å². The van der Waals surface area contributed by atoms with Crippen LogP contribution in [0.4, 0.5) is 5.69 Å². The molecule has 0 bridgehead atoms. The standard InChI is InChI=1S/C19H22N4O3/c1-22-9-10-23-19(22)17(12-20-23)18(24)21-14-5-7-15(8-6-14)26-13-16-4-2-3-11-25-16/h5-10,12,16H,2-4,11,13H2,1H3,(H,21,24). The van der Waals surface area contributed by atoms with Crippen LogP contribution in [0.15, 0.2) is 42.9 Å². The van der Waals surface area contributed by atoms with Crippen molar-refractivity contribution >= 4 is 17.2 Å². The third kappa shape index (κ3) is 3.43. The Morgan fingerprint density at radius 1 is 1.31 bits per heavy atom. The number of carbonyl (C=O) groups is 1. The first kappa shape index (κ1) is 16.7. The van der Waals surface area contributed by atoms with Gasteiger partial charge in [-0.15, -0.1) is 0 Å². The molecule has 1 atom stereocenters. The SMILES string of the molecule is Cn1ccn2ncc(C(=O)Nc3ccc(OCC4CCCCO4)cc3)c12. The molecule has 1 fully saturated rings. The molecule has 0 saturated carbocycles. The fourth-order valence-corrected chi connectivity index (χ4v) is 3.17. The van der Waals surface area contributed by atoms with Gasteiger partial charge < -0.3 is 19.4 Å². The van der Waals surface area contributed by atoms with Crippen molar-refractivity contribution in [1.29, 1.82) is 0 Å². The first-order valence-electron chi connectivity index (χ1n) is 8.85. The van der Waals surface area contributed by atoms with Crippen molar-refractivity contribution < 1.29 is 14.3 Å². The van der Waals surface area contributed by atoms with E-state index in [4.69, 9.17) is 9.47 Å². The summed E-state index contributed by atoms with van der Waals surface area (Å²) in [6.45, 7) is 1.38. The molecule has 3 aromatic rings. The van der Waals surface area contributed by atoms with E-state index in [2.05, 4.69) is 10.4 Å². The van der Waals surface area contributed by atoms with Gasteiger partial charge >= 0.3 is 0 Å². The van der Waals surface area contributed by atoms with E-state index >= 15 is 0 Å². The third-order valence-corrected chi connectivity index (χ3v) is 4.60. The number of aromatic nitrogens is 3. The number of nitrogens with zero attached hydrogens (tertiary/aromatic N) is 3. The van der Waals surface area contributed by atoms with Crippen LogP contribution in [-0.2, 0) is 11.8 Å². The Bertz CT molecular complexity index is 891. The summed E-state index contributed by atoms with van der Waals surface area (Å²) >= 11 is 0. The number of carbonyl (C=O) groups excluding carboxylic acids is 1. The van der Waals surface area contributed by atoms with Gasteiger partial charge in [0.1, 0.15) is 23.6 Å². The van der Waals surface area contributed by atoms with E-state index in [0.29, 0.717) is 17.9 Å². The zero-order valence-electron chi connectivity index (χ0n) is 14.7. The number of amides is 1. The fourth-order valence-electron chi connectivity index (χ4n) is 3.17. The van der Waals surface area contributed by atoms with Crippen LogP contribution in [0.1, 0.15) is 29.6 Å². The van der Waals surface area contributed by atoms with Gasteiger partial charge in [0.2, 0.25) is 0 Å². The second-order valence-corrected chi connectivity index (χ2v) is 6.51. The highest BCUT2D eigenvalue weighted by Gasteiger charge is 2.16. The molecule has 1 unspecified atom stereocenters. The van der Waals surface area contributed by atoms with E-state index in [9.17, 15) is 4.79 Å². The van der Waals surface area contributed by atoms with Gasteiger partial charge in [-0.25, -0.2) is 4.52 Å². The second kappa shape index (κ2) is 7.21. The van der Waals surface area contributed by atoms with Gasteiger partial charge in [-0.05, 0) is 43.5 Å². The zero-order chi connectivity index (χ0) is 17.9. The van der Waals surface area contributed by atoms with Crippen LogP contribution in [0.3, 0.4) is 0 Å². The molecule has 1 aliphatic heterocycles. The van der Waals surface area contributed by atoms with Gasteiger partial charge in [-0.2, -0.15) is 5.10 Å². The summed E-state index contributed by atoms with van der Waals surface area (Å²) in [6, 6.07) is 7.38. The van der Waals surface area contributed by atoms with Crippen molar-refractivity contribution in [2.45, 2.75) is 25.4 Å². The van der Waals surface area contributed by atoms with Crippen LogP contribution in [0.2, 0.25) is 0 Å². The lowest BCUT2D eigenvalue weighted by molar-refractivity contribution is -0.0110. The summed E-state index contributed by atoms with van der Waals surface area (Å²) in [4.78, 5) is 12.5. The number of ether oxygens (including phenoxy) is 2. The lowest BCUT2D eigenvalue weighted by atomic mass is 10.1. The highest BCUT2D eigenvalue weighted by atomic mass is 16.5. The van der Waals surface area contributed by atoms with Crippen LogP contribution < -0.4 is 10.1 Å².